The molecule has 0 aliphatic heterocycles. The molecular formula is C21H27IN4O3S. The second kappa shape index (κ2) is 11.8. The number of nitrogens with zero attached hydrogens (tertiary/aromatic N) is 3. The van der Waals surface area contributed by atoms with Gasteiger partial charge < -0.3 is 24.1 Å². The number of hydrogen-bond acceptors (Lipinski definition) is 6. The molecule has 0 fully saturated rings. The lowest BCUT2D eigenvalue weighted by Gasteiger charge is -2.22. The summed E-state index contributed by atoms with van der Waals surface area (Å²) in [6.07, 6.45) is 2.53. The first-order valence-electron chi connectivity index (χ1n) is 9.25. The third kappa shape index (κ3) is 6.11. The molecule has 0 bridgehead atoms. The van der Waals surface area contributed by atoms with E-state index in [1.54, 1.807) is 38.9 Å². The maximum absolute atomic E-state index is 5.57. The number of guanidine groups is 1. The Kier molecular flexibility index (Phi) is 9.44. The van der Waals surface area contributed by atoms with Crippen molar-refractivity contribution in [1.82, 2.24) is 15.2 Å². The Balaban J connectivity index is 0.00000320. The van der Waals surface area contributed by atoms with Gasteiger partial charge in [0.1, 0.15) is 6.26 Å². The van der Waals surface area contributed by atoms with E-state index in [4.69, 9.17) is 13.9 Å². The van der Waals surface area contributed by atoms with Crippen LogP contribution in [-0.4, -0.2) is 50.7 Å². The van der Waals surface area contributed by atoms with Gasteiger partial charge in [0, 0.05) is 20.6 Å². The van der Waals surface area contributed by atoms with Crippen LogP contribution >= 0.6 is 35.3 Å². The van der Waals surface area contributed by atoms with E-state index >= 15 is 0 Å². The maximum Gasteiger partial charge on any atom is 0.236 e. The van der Waals surface area contributed by atoms with E-state index < -0.39 is 0 Å². The number of halogens is 1. The number of nitrogens with one attached hydrogen (secondary N) is 1. The van der Waals surface area contributed by atoms with Crippen molar-refractivity contribution < 1.29 is 13.9 Å². The topological polar surface area (TPSA) is 72.1 Å². The highest BCUT2D eigenvalue weighted by molar-refractivity contribution is 14.0. The first-order valence-corrected chi connectivity index (χ1v) is 10.1. The summed E-state index contributed by atoms with van der Waals surface area (Å²) < 4.78 is 16.2. The van der Waals surface area contributed by atoms with Crippen molar-refractivity contribution in [2.45, 2.75) is 13.0 Å². The molecule has 0 atom stereocenters. The van der Waals surface area contributed by atoms with Crippen molar-refractivity contribution in [3.63, 3.8) is 0 Å². The van der Waals surface area contributed by atoms with E-state index in [1.165, 1.54) is 5.56 Å². The molecule has 0 radical (unpaired) electrons. The molecule has 0 aliphatic carbocycles. The molecular weight excluding hydrogens is 515 g/mol. The second-order valence-corrected chi connectivity index (χ2v) is 7.33. The van der Waals surface area contributed by atoms with Gasteiger partial charge >= 0.3 is 0 Å². The van der Waals surface area contributed by atoms with E-state index in [2.05, 4.69) is 20.2 Å². The third-order valence-corrected chi connectivity index (χ3v) is 5.33. The molecule has 9 heteroatoms. The highest BCUT2D eigenvalue weighted by Crippen LogP contribution is 2.27. The van der Waals surface area contributed by atoms with Crippen molar-refractivity contribution in [2.24, 2.45) is 4.99 Å². The molecule has 0 saturated heterocycles. The van der Waals surface area contributed by atoms with Gasteiger partial charge in [-0.25, -0.2) is 4.98 Å². The molecule has 1 aromatic carbocycles. The van der Waals surface area contributed by atoms with Crippen molar-refractivity contribution in [3.8, 4) is 22.3 Å². The second-order valence-electron chi connectivity index (χ2n) is 6.38. The minimum Gasteiger partial charge on any atom is -0.493 e. The minimum atomic E-state index is 0. The molecule has 2 aromatic heterocycles. The van der Waals surface area contributed by atoms with Gasteiger partial charge in [0.05, 0.1) is 31.3 Å². The predicted octanol–water partition coefficient (Wildman–Crippen LogP) is 4.29. The van der Waals surface area contributed by atoms with E-state index in [0.29, 0.717) is 12.4 Å². The van der Waals surface area contributed by atoms with Crippen molar-refractivity contribution >= 4 is 41.3 Å². The highest BCUT2D eigenvalue weighted by atomic mass is 127. The van der Waals surface area contributed by atoms with Gasteiger partial charge in [-0.15, -0.1) is 35.3 Å². The quantitative estimate of drug-likeness (QED) is 0.260. The first-order chi connectivity index (χ1) is 14.1. The van der Waals surface area contributed by atoms with Crippen LogP contribution in [0.4, 0.5) is 0 Å². The zero-order valence-corrected chi connectivity index (χ0v) is 20.7. The standard InChI is InChI=1S/C21H26N4O3S.HI/c1-22-21(23-13-16-14-28-20(24-16)19-6-5-11-29-19)25(2)10-9-15-7-8-17(26-3)18(12-15)27-4;/h5-8,11-12,14H,9-10,13H2,1-4H3,(H,22,23);1H. The van der Waals surface area contributed by atoms with Crippen LogP contribution in [0.1, 0.15) is 11.3 Å². The molecule has 0 unspecified atom stereocenters. The summed E-state index contributed by atoms with van der Waals surface area (Å²) in [5.74, 6) is 2.92. The maximum atomic E-state index is 5.57. The molecule has 3 rings (SSSR count). The number of methoxy groups -OCH3 is 2. The lowest BCUT2D eigenvalue weighted by Crippen LogP contribution is -2.39. The SMILES string of the molecule is CN=C(NCc1coc(-c2cccs2)n1)N(C)CCc1ccc(OC)c(OC)c1.I. The molecule has 2 heterocycles. The predicted molar refractivity (Wildman–Crippen MR) is 131 cm³/mol. The molecule has 0 amide bonds. The summed E-state index contributed by atoms with van der Waals surface area (Å²) in [6, 6.07) is 9.96. The normalized spacial score (nSPS) is 11.0. The van der Waals surface area contributed by atoms with Crippen LogP contribution in [0.15, 0.2) is 51.4 Å². The number of rotatable bonds is 8. The smallest absolute Gasteiger partial charge is 0.236 e. The molecule has 0 aliphatic rings. The molecule has 0 spiro atoms. The van der Waals surface area contributed by atoms with Crippen LogP contribution in [0.25, 0.3) is 10.8 Å². The van der Waals surface area contributed by atoms with Crippen LogP contribution < -0.4 is 14.8 Å². The number of hydrogen-bond donors (Lipinski definition) is 1. The zero-order valence-electron chi connectivity index (χ0n) is 17.5. The van der Waals surface area contributed by atoms with E-state index in [9.17, 15) is 0 Å². The van der Waals surface area contributed by atoms with Crippen LogP contribution in [0.3, 0.4) is 0 Å². The number of aromatic nitrogens is 1. The molecule has 3 aromatic rings. The fourth-order valence-corrected chi connectivity index (χ4v) is 3.55. The number of benzene rings is 1. The number of likely N-dealkylation sites (N-methyl/N-ethyl adjacent to an activating group) is 1. The van der Waals surface area contributed by atoms with Gasteiger partial charge in [0.2, 0.25) is 5.89 Å². The van der Waals surface area contributed by atoms with Gasteiger partial charge in [0.15, 0.2) is 17.5 Å². The summed E-state index contributed by atoms with van der Waals surface area (Å²) in [6.45, 7) is 1.34. The minimum absolute atomic E-state index is 0. The Morgan fingerprint density at radius 2 is 2.03 bits per heavy atom. The van der Waals surface area contributed by atoms with Crippen molar-refractivity contribution in [2.75, 3.05) is 34.9 Å². The van der Waals surface area contributed by atoms with Crippen LogP contribution in [0, 0.1) is 0 Å². The number of oxazole rings is 1. The monoisotopic (exact) mass is 542 g/mol. The zero-order chi connectivity index (χ0) is 20.6. The van der Waals surface area contributed by atoms with Crippen LogP contribution in [-0.2, 0) is 13.0 Å². The Morgan fingerprint density at radius 3 is 2.70 bits per heavy atom. The number of ether oxygens (including phenoxy) is 2. The molecule has 162 valence electrons. The van der Waals surface area contributed by atoms with Gasteiger partial charge in [-0.3, -0.25) is 4.99 Å². The van der Waals surface area contributed by atoms with Crippen molar-refractivity contribution in [3.05, 3.63) is 53.2 Å². The Labute approximate surface area is 198 Å². The lowest BCUT2D eigenvalue weighted by atomic mass is 10.1. The molecule has 7 nitrogen and oxygen atoms in total. The van der Waals surface area contributed by atoms with Gasteiger partial charge in [-0.1, -0.05) is 12.1 Å². The summed E-state index contributed by atoms with van der Waals surface area (Å²) in [5, 5.41) is 5.34. The van der Waals surface area contributed by atoms with E-state index in [-0.39, 0.29) is 24.0 Å². The summed E-state index contributed by atoms with van der Waals surface area (Å²) in [4.78, 5) is 12.0. The van der Waals surface area contributed by atoms with E-state index in [0.717, 1.165) is 41.0 Å². The van der Waals surface area contributed by atoms with Crippen LogP contribution in [0.5, 0.6) is 11.5 Å². The first kappa shape index (κ1) is 24.0. The summed E-state index contributed by atoms with van der Waals surface area (Å²) in [5.41, 5.74) is 2.00. The average molecular weight is 542 g/mol. The Morgan fingerprint density at radius 1 is 1.23 bits per heavy atom. The van der Waals surface area contributed by atoms with E-state index in [1.807, 2.05) is 42.8 Å². The molecule has 0 saturated carbocycles. The summed E-state index contributed by atoms with van der Waals surface area (Å²) >= 11 is 1.61. The molecule has 1 N–H and O–H groups in total. The van der Waals surface area contributed by atoms with Gasteiger partial charge in [-0.05, 0) is 35.6 Å². The van der Waals surface area contributed by atoms with Crippen LogP contribution in [0.2, 0.25) is 0 Å². The average Bonchev–Trinajstić information content (AvgIpc) is 3.44. The van der Waals surface area contributed by atoms with Gasteiger partial charge in [0.25, 0.3) is 0 Å². The lowest BCUT2D eigenvalue weighted by molar-refractivity contribution is 0.354. The fourth-order valence-electron chi connectivity index (χ4n) is 2.89. The summed E-state index contributed by atoms with van der Waals surface area (Å²) in [7, 11) is 7.07. The van der Waals surface area contributed by atoms with Crippen molar-refractivity contribution in [1.29, 1.82) is 0 Å². The molecule has 30 heavy (non-hydrogen) atoms. The third-order valence-electron chi connectivity index (χ3n) is 4.47. The fraction of sp³-hybridized carbons (Fsp3) is 0.333. The Hall–Kier alpha value is -2.27. The highest BCUT2D eigenvalue weighted by Gasteiger charge is 2.11. The number of thiophene rings is 1. The largest absolute Gasteiger partial charge is 0.493 e. The number of aliphatic imine (C=N–C) groups is 1. The Bertz CT molecular complexity index is 944. The van der Waals surface area contributed by atoms with Gasteiger partial charge in [-0.2, -0.15) is 0 Å².